The molecular formula is C15H26N2O. The molecular weight excluding hydrogens is 224 g/mol. The number of fused-ring (bicyclic) bond motifs is 1. The molecule has 2 aliphatic carbocycles. The minimum Gasteiger partial charge on any atom is -0.338 e. The molecule has 1 amide bonds. The van der Waals surface area contributed by atoms with Gasteiger partial charge in [0.15, 0.2) is 0 Å². The second-order valence-corrected chi connectivity index (χ2v) is 6.63. The first-order valence-electron chi connectivity index (χ1n) is 7.68. The lowest BCUT2D eigenvalue weighted by Crippen LogP contribution is -2.45. The van der Waals surface area contributed by atoms with Gasteiger partial charge in [-0.2, -0.15) is 0 Å². The molecule has 3 heteroatoms. The van der Waals surface area contributed by atoms with Gasteiger partial charge >= 0.3 is 0 Å². The Morgan fingerprint density at radius 3 is 2.56 bits per heavy atom. The lowest BCUT2D eigenvalue weighted by molar-refractivity contribution is -0.138. The number of amides is 1. The molecule has 3 nitrogen and oxygen atoms in total. The highest BCUT2D eigenvalue weighted by Gasteiger charge is 2.49. The first-order valence-corrected chi connectivity index (χ1v) is 7.68. The largest absolute Gasteiger partial charge is 0.338 e. The summed E-state index contributed by atoms with van der Waals surface area (Å²) >= 11 is 0. The van der Waals surface area contributed by atoms with E-state index in [-0.39, 0.29) is 0 Å². The van der Waals surface area contributed by atoms with Gasteiger partial charge in [-0.25, -0.2) is 0 Å². The molecule has 2 saturated carbocycles. The number of nitrogens with zero attached hydrogens (tertiary/aromatic N) is 2. The van der Waals surface area contributed by atoms with Crippen molar-refractivity contribution >= 4 is 5.91 Å². The molecule has 102 valence electrons. The van der Waals surface area contributed by atoms with Crippen LogP contribution in [-0.2, 0) is 4.79 Å². The fourth-order valence-corrected chi connectivity index (χ4v) is 4.03. The maximum atomic E-state index is 12.7. The van der Waals surface area contributed by atoms with Gasteiger partial charge in [-0.3, -0.25) is 4.79 Å². The summed E-state index contributed by atoms with van der Waals surface area (Å²) in [7, 11) is 2.18. The van der Waals surface area contributed by atoms with Crippen molar-refractivity contribution < 1.29 is 4.79 Å². The second kappa shape index (κ2) is 4.84. The van der Waals surface area contributed by atoms with Crippen LogP contribution in [0.1, 0.15) is 39.0 Å². The van der Waals surface area contributed by atoms with E-state index in [9.17, 15) is 4.79 Å². The van der Waals surface area contributed by atoms with Gasteiger partial charge in [0.05, 0.1) is 0 Å². The van der Waals surface area contributed by atoms with Crippen molar-refractivity contribution in [3.05, 3.63) is 0 Å². The molecule has 0 N–H and O–H groups in total. The predicted octanol–water partition coefficient (Wildman–Crippen LogP) is 1.98. The molecule has 0 aromatic rings. The third kappa shape index (κ3) is 2.29. The van der Waals surface area contributed by atoms with E-state index in [0.29, 0.717) is 17.9 Å². The van der Waals surface area contributed by atoms with Crippen LogP contribution in [-0.4, -0.2) is 48.4 Å². The fourth-order valence-electron chi connectivity index (χ4n) is 4.03. The first-order chi connectivity index (χ1) is 8.69. The average Bonchev–Trinajstić information content (AvgIpc) is 3.03. The highest BCUT2D eigenvalue weighted by Crippen LogP contribution is 2.54. The Hall–Kier alpha value is -0.570. The number of rotatable bonds is 2. The quantitative estimate of drug-likeness (QED) is 0.748. The molecule has 3 unspecified atom stereocenters. The standard InChI is InChI=1S/C15H26N2O/c1-3-14-10-16(2)5-4-6-17(14)15(18)13-8-11-7-12(11)9-13/h11-14H,3-10H2,1-2H3. The number of carbonyl (C=O) groups is 1. The molecule has 3 atom stereocenters. The number of likely N-dealkylation sites (N-methyl/N-ethyl adjacent to an activating group) is 1. The lowest BCUT2D eigenvalue weighted by atomic mass is 10.00. The minimum atomic E-state index is 0.367. The Balaban J connectivity index is 1.66. The number of hydrogen-bond donors (Lipinski definition) is 0. The van der Waals surface area contributed by atoms with E-state index in [2.05, 4.69) is 23.8 Å². The van der Waals surface area contributed by atoms with Crippen molar-refractivity contribution in [2.45, 2.75) is 45.1 Å². The first kappa shape index (κ1) is 12.5. The van der Waals surface area contributed by atoms with Crippen LogP contribution in [0.4, 0.5) is 0 Å². The van der Waals surface area contributed by atoms with E-state index in [1.54, 1.807) is 0 Å². The third-order valence-electron chi connectivity index (χ3n) is 5.25. The van der Waals surface area contributed by atoms with E-state index in [4.69, 9.17) is 0 Å². The minimum absolute atomic E-state index is 0.367. The molecule has 0 aromatic carbocycles. The maximum absolute atomic E-state index is 12.7. The summed E-state index contributed by atoms with van der Waals surface area (Å²) in [5.74, 6) is 2.66. The zero-order chi connectivity index (χ0) is 12.7. The van der Waals surface area contributed by atoms with Gasteiger partial charge in [-0.1, -0.05) is 6.92 Å². The van der Waals surface area contributed by atoms with E-state index in [1.807, 2.05) is 0 Å². The Morgan fingerprint density at radius 2 is 1.89 bits per heavy atom. The molecule has 0 spiro atoms. The summed E-state index contributed by atoms with van der Waals surface area (Å²) in [5.41, 5.74) is 0. The highest BCUT2D eigenvalue weighted by molar-refractivity contribution is 5.79. The molecule has 3 aliphatic rings. The van der Waals surface area contributed by atoms with Gasteiger partial charge in [-0.15, -0.1) is 0 Å². The van der Waals surface area contributed by atoms with Crippen LogP contribution < -0.4 is 0 Å². The highest BCUT2D eigenvalue weighted by atomic mass is 16.2. The summed E-state index contributed by atoms with van der Waals surface area (Å²) in [4.78, 5) is 17.3. The Bertz CT molecular complexity index is 320. The van der Waals surface area contributed by atoms with Crippen molar-refractivity contribution in [1.82, 2.24) is 9.80 Å². The monoisotopic (exact) mass is 250 g/mol. The number of hydrogen-bond acceptors (Lipinski definition) is 2. The second-order valence-electron chi connectivity index (χ2n) is 6.63. The van der Waals surface area contributed by atoms with Crippen LogP contribution in [0.3, 0.4) is 0 Å². The molecule has 3 rings (SSSR count). The smallest absolute Gasteiger partial charge is 0.225 e. The average molecular weight is 250 g/mol. The zero-order valence-electron chi connectivity index (χ0n) is 11.8. The van der Waals surface area contributed by atoms with Crippen LogP contribution >= 0.6 is 0 Å². The van der Waals surface area contributed by atoms with Crippen LogP contribution in [0.15, 0.2) is 0 Å². The molecule has 18 heavy (non-hydrogen) atoms. The van der Waals surface area contributed by atoms with Crippen LogP contribution in [0.25, 0.3) is 0 Å². The van der Waals surface area contributed by atoms with Gasteiger partial charge in [-0.05, 0) is 57.5 Å². The molecule has 1 heterocycles. The summed E-state index contributed by atoms with van der Waals surface area (Å²) in [6.45, 7) is 5.39. The van der Waals surface area contributed by atoms with Crippen LogP contribution in [0.2, 0.25) is 0 Å². The van der Waals surface area contributed by atoms with Gasteiger partial charge < -0.3 is 9.80 Å². The fraction of sp³-hybridized carbons (Fsp3) is 0.933. The summed E-state index contributed by atoms with van der Waals surface area (Å²) in [6.07, 6.45) is 6.01. The molecule has 3 fully saturated rings. The topological polar surface area (TPSA) is 23.6 Å². The normalized spacial score (nSPS) is 40.4. The Morgan fingerprint density at radius 1 is 1.17 bits per heavy atom. The van der Waals surface area contributed by atoms with Crippen LogP contribution in [0.5, 0.6) is 0 Å². The van der Waals surface area contributed by atoms with Crippen molar-refractivity contribution in [3.63, 3.8) is 0 Å². The van der Waals surface area contributed by atoms with E-state index in [0.717, 1.165) is 44.3 Å². The van der Waals surface area contributed by atoms with Gasteiger partial charge in [0, 0.05) is 25.0 Å². The summed E-state index contributed by atoms with van der Waals surface area (Å²) in [5, 5.41) is 0. The van der Waals surface area contributed by atoms with Crippen molar-refractivity contribution in [2.24, 2.45) is 17.8 Å². The molecule has 0 radical (unpaired) electrons. The van der Waals surface area contributed by atoms with E-state index >= 15 is 0 Å². The third-order valence-corrected chi connectivity index (χ3v) is 5.25. The van der Waals surface area contributed by atoms with Crippen LogP contribution in [0, 0.1) is 17.8 Å². The lowest BCUT2D eigenvalue weighted by Gasteiger charge is -2.32. The molecule has 1 aliphatic heterocycles. The van der Waals surface area contributed by atoms with Crippen molar-refractivity contribution in [1.29, 1.82) is 0 Å². The van der Waals surface area contributed by atoms with Crippen molar-refractivity contribution in [3.8, 4) is 0 Å². The molecule has 1 saturated heterocycles. The van der Waals surface area contributed by atoms with Gasteiger partial charge in [0.1, 0.15) is 0 Å². The maximum Gasteiger partial charge on any atom is 0.225 e. The number of carbonyl (C=O) groups excluding carboxylic acids is 1. The Labute approximate surface area is 111 Å². The van der Waals surface area contributed by atoms with Gasteiger partial charge in [0.25, 0.3) is 0 Å². The SMILES string of the molecule is CCC1CN(C)CCCN1C(=O)C1CC2CC2C1. The van der Waals surface area contributed by atoms with Crippen molar-refractivity contribution in [2.75, 3.05) is 26.7 Å². The Kier molecular flexibility index (Phi) is 3.35. The molecule has 0 aromatic heterocycles. The van der Waals surface area contributed by atoms with Gasteiger partial charge in [0.2, 0.25) is 5.91 Å². The zero-order valence-corrected chi connectivity index (χ0v) is 11.8. The predicted molar refractivity (Wildman–Crippen MR) is 72.2 cm³/mol. The summed E-state index contributed by atoms with van der Waals surface area (Å²) < 4.78 is 0. The van der Waals surface area contributed by atoms with E-state index in [1.165, 1.54) is 19.3 Å². The van der Waals surface area contributed by atoms with E-state index < -0.39 is 0 Å². The molecule has 0 bridgehead atoms. The summed E-state index contributed by atoms with van der Waals surface area (Å²) in [6, 6.07) is 0.446.